The number of hydrogen-bond donors (Lipinski definition) is 2. The molecule has 1 aliphatic rings. The maximum absolute atomic E-state index is 12.5. The summed E-state index contributed by atoms with van der Waals surface area (Å²) < 4.78 is 16.3. The number of methoxy groups -OCH3 is 2. The van der Waals surface area contributed by atoms with E-state index < -0.39 is 0 Å². The summed E-state index contributed by atoms with van der Waals surface area (Å²) in [5.74, 6) is 0.782. The van der Waals surface area contributed by atoms with Crippen LogP contribution in [0, 0.1) is 13.8 Å². The predicted molar refractivity (Wildman–Crippen MR) is 126 cm³/mol. The molecule has 1 atom stereocenters. The summed E-state index contributed by atoms with van der Waals surface area (Å²) in [6.45, 7) is 7.07. The minimum absolute atomic E-state index is 0.0619. The number of nitrogens with one attached hydrogen (secondary N) is 2. The molecular weight excluding hydrogens is 422 g/mol. The molecule has 1 saturated heterocycles. The highest BCUT2D eigenvalue weighted by molar-refractivity contribution is 5.96. The Balaban J connectivity index is 1.63. The summed E-state index contributed by atoms with van der Waals surface area (Å²) in [5.41, 5.74) is 3.71. The number of benzene rings is 2. The van der Waals surface area contributed by atoms with Crippen molar-refractivity contribution in [3.8, 4) is 11.5 Å². The quantitative estimate of drug-likeness (QED) is 0.603. The SMILES string of the molecule is COc1ccc(C(CNC(=O)CNC(=O)c2ccc(C)c(C)c2)N2CCOCC2)cc1OC. The fourth-order valence-corrected chi connectivity index (χ4v) is 3.83. The van der Waals surface area contributed by atoms with Gasteiger partial charge in [0, 0.05) is 25.2 Å². The molecule has 8 heteroatoms. The van der Waals surface area contributed by atoms with Gasteiger partial charge in [0.05, 0.1) is 40.0 Å². The van der Waals surface area contributed by atoms with Crippen LogP contribution in [0.3, 0.4) is 0 Å². The molecule has 2 aromatic rings. The molecule has 0 radical (unpaired) electrons. The second-order valence-electron chi connectivity index (χ2n) is 8.06. The van der Waals surface area contributed by atoms with E-state index in [9.17, 15) is 9.59 Å². The van der Waals surface area contributed by atoms with E-state index in [1.807, 2.05) is 44.2 Å². The highest BCUT2D eigenvalue weighted by Crippen LogP contribution is 2.32. The third-order valence-corrected chi connectivity index (χ3v) is 5.95. The van der Waals surface area contributed by atoms with Crippen molar-refractivity contribution in [2.75, 3.05) is 53.6 Å². The minimum atomic E-state index is -0.266. The smallest absolute Gasteiger partial charge is 0.251 e. The topological polar surface area (TPSA) is 89.1 Å². The van der Waals surface area contributed by atoms with Gasteiger partial charge in [0.15, 0.2) is 11.5 Å². The number of carbonyl (C=O) groups excluding carboxylic acids is 2. The third kappa shape index (κ3) is 6.46. The van der Waals surface area contributed by atoms with E-state index in [1.54, 1.807) is 20.3 Å². The number of rotatable bonds is 9. The summed E-state index contributed by atoms with van der Waals surface area (Å²) in [4.78, 5) is 27.2. The van der Waals surface area contributed by atoms with Crippen LogP contribution in [0.5, 0.6) is 11.5 Å². The van der Waals surface area contributed by atoms with E-state index in [1.165, 1.54) is 0 Å². The average Bonchev–Trinajstić information content (AvgIpc) is 2.84. The number of morpholine rings is 1. The molecule has 0 bridgehead atoms. The Kier molecular flexibility index (Phi) is 8.68. The molecule has 178 valence electrons. The molecular formula is C25H33N3O5. The number of ether oxygens (including phenoxy) is 3. The molecule has 2 N–H and O–H groups in total. The van der Waals surface area contributed by atoms with E-state index in [-0.39, 0.29) is 24.4 Å². The van der Waals surface area contributed by atoms with Crippen molar-refractivity contribution < 1.29 is 23.8 Å². The Morgan fingerprint density at radius 3 is 2.36 bits per heavy atom. The van der Waals surface area contributed by atoms with E-state index >= 15 is 0 Å². The fourth-order valence-electron chi connectivity index (χ4n) is 3.83. The second-order valence-corrected chi connectivity index (χ2v) is 8.06. The Labute approximate surface area is 195 Å². The van der Waals surface area contributed by atoms with Gasteiger partial charge in [-0.05, 0) is 54.8 Å². The lowest BCUT2D eigenvalue weighted by molar-refractivity contribution is -0.120. The van der Waals surface area contributed by atoms with Gasteiger partial charge in [-0.3, -0.25) is 14.5 Å². The highest BCUT2D eigenvalue weighted by atomic mass is 16.5. The maximum Gasteiger partial charge on any atom is 0.251 e. The summed E-state index contributed by atoms with van der Waals surface area (Å²) in [7, 11) is 3.20. The molecule has 1 unspecified atom stereocenters. The van der Waals surface area contributed by atoms with Crippen LogP contribution in [0.25, 0.3) is 0 Å². The summed E-state index contributed by atoms with van der Waals surface area (Å²) in [6, 6.07) is 11.2. The lowest BCUT2D eigenvalue weighted by Crippen LogP contribution is -2.45. The molecule has 2 amide bonds. The fraction of sp³-hybridized carbons (Fsp3) is 0.440. The van der Waals surface area contributed by atoms with Crippen LogP contribution in [0.1, 0.15) is 33.1 Å². The second kappa shape index (κ2) is 11.7. The molecule has 0 aliphatic carbocycles. The normalized spacial score (nSPS) is 14.9. The van der Waals surface area contributed by atoms with Crippen LogP contribution < -0.4 is 20.1 Å². The van der Waals surface area contributed by atoms with Crippen molar-refractivity contribution in [2.45, 2.75) is 19.9 Å². The zero-order valence-electron chi connectivity index (χ0n) is 19.8. The van der Waals surface area contributed by atoms with E-state index in [4.69, 9.17) is 14.2 Å². The molecule has 0 aromatic heterocycles. The third-order valence-electron chi connectivity index (χ3n) is 5.95. The van der Waals surface area contributed by atoms with Gasteiger partial charge in [0.25, 0.3) is 5.91 Å². The van der Waals surface area contributed by atoms with Gasteiger partial charge in [0.1, 0.15) is 0 Å². The molecule has 1 aliphatic heterocycles. The lowest BCUT2D eigenvalue weighted by Gasteiger charge is -2.35. The zero-order valence-corrected chi connectivity index (χ0v) is 19.8. The molecule has 1 fully saturated rings. The van der Waals surface area contributed by atoms with Crippen LogP contribution in [0.4, 0.5) is 0 Å². The maximum atomic E-state index is 12.5. The van der Waals surface area contributed by atoms with Crippen LogP contribution in [0.2, 0.25) is 0 Å². The van der Waals surface area contributed by atoms with Crippen LogP contribution >= 0.6 is 0 Å². The Hall–Kier alpha value is -3.10. The number of carbonyl (C=O) groups is 2. The standard InChI is InChI=1S/C25H33N3O5/c1-17-5-6-20(13-18(17)2)25(30)27-16-24(29)26-15-21(28-9-11-33-12-10-28)19-7-8-22(31-3)23(14-19)32-4/h5-8,13-14,21H,9-12,15-16H2,1-4H3,(H,26,29)(H,27,30). The highest BCUT2D eigenvalue weighted by Gasteiger charge is 2.24. The van der Waals surface area contributed by atoms with E-state index in [0.717, 1.165) is 29.8 Å². The van der Waals surface area contributed by atoms with Crippen molar-refractivity contribution in [3.63, 3.8) is 0 Å². The molecule has 2 aromatic carbocycles. The monoisotopic (exact) mass is 455 g/mol. The van der Waals surface area contributed by atoms with Crippen molar-refractivity contribution in [2.24, 2.45) is 0 Å². The van der Waals surface area contributed by atoms with Gasteiger partial charge < -0.3 is 24.8 Å². The Morgan fingerprint density at radius 1 is 0.970 bits per heavy atom. The first-order valence-electron chi connectivity index (χ1n) is 11.1. The zero-order chi connectivity index (χ0) is 23.8. The van der Waals surface area contributed by atoms with Gasteiger partial charge in [-0.25, -0.2) is 0 Å². The lowest BCUT2D eigenvalue weighted by atomic mass is 10.0. The van der Waals surface area contributed by atoms with Crippen molar-refractivity contribution in [1.82, 2.24) is 15.5 Å². The predicted octanol–water partition coefficient (Wildman–Crippen LogP) is 2.24. The van der Waals surface area contributed by atoms with Crippen molar-refractivity contribution in [1.29, 1.82) is 0 Å². The molecule has 0 spiro atoms. The number of nitrogens with zero attached hydrogens (tertiary/aromatic N) is 1. The molecule has 33 heavy (non-hydrogen) atoms. The van der Waals surface area contributed by atoms with Gasteiger partial charge in [-0.15, -0.1) is 0 Å². The first-order valence-corrected chi connectivity index (χ1v) is 11.1. The first-order chi connectivity index (χ1) is 15.9. The van der Waals surface area contributed by atoms with E-state index in [2.05, 4.69) is 15.5 Å². The van der Waals surface area contributed by atoms with Gasteiger partial charge >= 0.3 is 0 Å². The molecule has 8 nitrogen and oxygen atoms in total. The molecule has 3 rings (SSSR count). The van der Waals surface area contributed by atoms with E-state index in [0.29, 0.717) is 36.8 Å². The van der Waals surface area contributed by atoms with Crippen LogP contribution in [-0.2, 0) is 9.53 Å². The molecule has 0 saturated carbocycles. The number of hydrogen-bond acceptors (Lipinski definition) is 6. The van der Waals surface area contributed by atoms with Crippen LogP contribution in [-0.4, -0.2) is 70.3 Å². The number of aryl methyl sites for hydroxylation is 2. The first kappa shape index (κ1) is 24.5. The minimum Gasteiger partial charge on any atom is -0.493 e. The van der Waals surface area contributed by atoms with Crippen molar-refractivity contribution in [3.05, 3.63) is 58.7 Å². The number of amides is 2. The van der Waals surface area contributed by atoms with Gasteiger partial charge in [0.2, 0.25) is 5.91 Å². The largest absolute Gasteiger partial charge is 0.493 e. The van der Waals surface area contributed by atoms with Gasteiger partial charge in [-0.2, -0.15) is 0 Å². The van der Waals surface area contributed by atoms with Crippen LogP contribution in [0.15, 0.2) is 36.4 Å². The summed E-state index contributed by atoms with van der Waals surface area (Å²) in [5, 5.41) is 5.66. The average molecular weight is 456 g/mol. The van der Waals surface area contributed by atoms with Gasteiger partial charge in [-0.1, -0.05) is 12.1 Å². The Bertz CT molecular complexity index is 973. The summed E-state index contributed by atoms with van der Waals surface area (Å²) >= 11 is 0. The summed E-state index contributed by atoms with van der Waals surface area (Å²) in [6.07, 6.45) is 0. The van der Waals surface area contributed by atoms with Crippen molar-refractivity contribution >= 4 is 11.8 Å². The molecule has 1 heterocycles. The Morgan fingerprint density at radius 2 is 1.70 bits per heavy atom.